The number of hydrogen-bond donors (Lipinski definition) is 0. The summed E-state index contributed by atoms with van der Waals surface area (Å²) < 4.78 is 0. The Morgan fingerprint density at radius 1 is 1.31 bits per heavy atom. The molecule has 0 aromatic heterocycles. The van der Waals surface area contributed by atoms with Gasteiger partial charge in [-0.3, -0.25) is 0 Å². The molecule has 0 bridgehead atoms. The number of rotatable bonds is 5. The van der Waals surface area contributed by atoms with Crippen molar-refractivity contribution in [2.45, 2.75) is 31.1 Å². The fraction of sp³-hybridized carbons (Fsp3) is 0.571. The molecule has 1 unspecified atom stereocenters. The first kappa shape index (κ1) is 12.0. The van der Waals surface area contributed by atoms with E-state index in [1.165, 1.54) is 36.7 Å². The summed E-state index contributed by atoms with van der Waals surface area (Å²) in [6, 6.07) is 8.89. The predicted octanol–water partition coefficient (Wildman–Crippen LogP) is 3.61. The molecular formula is C14H21NS. The molecular weight excluding hydrogens is 214 g/mol. The van der Waals surface area contributed by atoms with Crippen molar-refractivity contribution >= 4 is 11.8 Å². The Kier molecular flexibility index (Phi) is 4.30. The maximum absolute atomic E-state index is 2.58. The van der Waals surface area contributed by atoms with Crippen molar-refractivity contribution < 1.29 is 0 Å². The summed E-state index contributed by atoms with van der Waals surface area (Å²) in [6.45, 7) is 8.18. The van der Waals surface area contributed by atoms with E-state index in [4.69, 9.17) is 0 Å². The summed E-state index contributed by atoms with van der Waals surface area (Å²) >= 11 is 2.02. The molecule has 2 rings (SSSR count). The highest BCUT2D eigenvalue weighted by molar-refractivity contribution is 7.99. The van der Waals surface area contributed by atoms with Gasteiger partial charge in [-0.15, -0.1) is 11.8 Å². The van der Waals surface area contributed by atoms with E-state index in [1.807, 2.05) is 11.8 Å². The Bertz CT molecular complexity index is 337. The van der Waals surface area contributed by atoms with Crippen LogP contribution in [-0.2, 0) is 0 Å². The molecule has 0 spiro atoms. The van der Waals surface area contributed by atoms with E-state index in [1.54, 1.807) is 5.56 Å². The van der Waals surface area contributed by atoms with E-state index in [-0.39, 0.29) is 0 Å². The largest absolute Gasteiger partial charge is 0.303 e. The van der Waals surface area contributed by atoms with Crippen LogP contribution in [0, 0.1) is 0 Å². The Balaban J connectivity index is 2.02. The van der Waals surface area contributed by atoms with Gasteiger partial charge in [-0.25, -0.2) is 0 Å². The molecule has 1 nitrogen and oxygen atoms in total. The first-order valence-electron chi connectivity index (χ1n) is 6.29. The van der Waals surface area contributed by atoms with E-state index in [2.05, 4.69) is 43.0 Å². The summed E-state index contributed by atoms with van der Waals surface area (Å²) in [5.74, 6) is 2.01. The molecule has 0 saturated carbocycles. The van der Waals surface area contributed by atoms with E-state index in [0.717, 1.165) is 5.92 Å². The van der Waals surface area contributed by atoms with Crippen LogP contribution >= 0.6 is 11.8 Å². The van der Waals surface area contributed by atoms with Crippen LogP contribution < -0.4 is 0 Å². The molecule has 2 heteroatoms. The van der Waals surface area contributed by atoms with E-state index in [9.17, 15) is 0 Å². The van der Waals surface area contributed by atoms with Gasteiger partial charge in [0.1, 0.15) is 0 Å². The summed E-state index contributed by atoms with van der Waals surface area (Å²) in [5.41, 5.74) is 1.57. The van der Waals surface area contributed by atoms with Crippen LogP contribution in [0.1, 0.15) is 31.7 Å². The lowest BCUT2D eigenvalue weighted by atomic mass is 10.0. The molecule has 1 aromatic carbocycles. The highest BCUT2D eigenvalue weighted by Gasteiger charge is 2.23. The second kappa shape index (κ2) is 5.74. The SMILES string of the molecule is CCCN(CC)CC1CSc2ccccc21. The monoisotopic (exact) mass is 235 g/mol. The van der Waals surface area contributed by atoms with E-state index >= 15 is 0 Å². The first-order chi connectivity index (χ1) is 7.85. The van der Waals surface area contributed by atoms with Gasteiger partial charge in [0.2, 0.25) is 0 Å². The molecule has 0 fully saturated rings. The summed E-state index contributed by atoms with van der Waals surface area (Å²) in [6.07, 6.45) is 1.26. The highest BCUT2D eigenvalue weighted by atomic mass is 32.2. The van der Waals surface area contributed by atoms with Crippen molar-refractivity contribution in [1.82, 2.24) is 4.90 Å². The fourth-order valence-corrected chi connectivity index (χ4v) is 3.63. The van der Waals surface area contributed by atoms with Crippen molar-refractivity contribution in [3.63, 3.8) is 0 Å². The minimum atomic E-state index is 0.743. The second-order valence-corrected chi connectivity index (χ2v) is 5.50. The number of hydrogen-bond acceptors (Lipinski definition) is 2. The molecule has 88 valence electrons. The first-order valence-corrected chi connectivity index (χ1v) is 7.27. The zero-order valence-electron chi connectivity index (χ0n) is 10.3. The zero-order chi connectivity index (χ0) is 11.4. The minimum Gasteiger partial charge on any atom is -0.303 e. The van der Waals surface area contributed by atoms with Gasteiger partial charge in [-0.1, -0.05) is 32.0 Å². The highest BCUT2D eigenvalue weighted by Crippen LogP contribution is 2.39. The Hall–Kier alpha value is -0.470. The maximum Gasteiger partial charge on any atom is 0.0108 e. The normalized spacial score (nSPS) is 19.1. The van der Waals surface area contributed by atoms with Crippen LogP contribution in [0.3, 0.4) is 0 Å². The van der Waals surface area contributed by atoms with Gasteiger partial charge in [0.05, 0.1) is 0 Å². The van der Waals surface area contributed by atoms with Gasteiger partial charge in [0, 0.05) is 23.1 Å². The van der Waals surface area contributed by atoms with Gasteiger partial charge in [0.15, 0.2) is 0 Å². The van der Waals surface area contributed by atoms with Crippen LogP contribution in [0.15, 0.2) is 29.2 Å². The van der Waals surface area contributed by atoms with E-state index < -0.39 is 0 Å². The van der Waals surface area contributed by atoms with Crippen LogP contribution in [0.5, 0.6) is 0 Å². The second-order valence-electron chi connectivity index (χ2n) is 4.44. The fourth-order valence-electron chi connectivity index (χ4n) is 2.39. The number of likely N-dealkylation sites (N-methyl/N-ethyl adjacent to an activating group) is 1. The van der Waals surface area contributed by atoms with Crippen LogP contribution in [0.4, 0.5) is 0 Å². The summed E-state index contributed by atoms with van der Waals surface area (Å²) in [5, 5.41) is 0. The summed E-state index contributed by atoms with van der Waals surface area (Å²) in [4.78, 5) is 4.08. The topological polar surface area (TPSA) is 3.24 Å². The van der Waals surface area contributed by atoms with Crippen LogP contribution in [-0.4, -0.2) is 30.3 Å². The number of fused-ring (bicyclic) bond motifs is 1. The average Bonchev–Trinajstić information content (AvgIpc) is 2.72. The van der Waals surface area contributed by atoms with Gasteiger partial charge in [-0.2, -0.15) is 0 Å². The van der Waals surface area contributed by atoms with Crippen molar-refractivity contribution in [2.24, 2.45) is 0 Å². The van der Waals surface area contributed by atoms with Crippen LogP contribution in [0.25, 0.3) is 0 Å². The molecule has 0 saturated heterocycles. The molecule has 1 aliphatic heterocycles. The quantitative estimate of drug-likeness (QED) is 0.767. The van der Waals surface area contributed by atoms with Crippen LogP contribution in [0.2, 0.25) is 0 Å². The lowest BCUT2D eigenvalue weighted by Gasteiger charge is -2.23. The molecule has 0 N–H and O–H groups in total. The molecule has 1 atom stereocenters. The third-order valence-electron chi connectivity index (χ3n) is 3.26. The van der Waals surface area contributed by atoms with Crippen molar-refractivity contribution in [3.05, 3.63) is 29.8 Å². The number of nitrogens with zero attached hydrogens (tertiary/aromatic N) is 1. The zero-order valence-corrected chi connectivity index (χ0v) is 11.1. The standard InChI is InChI=1S/C14H21NS/c1-3-9-15(4-2)10-12-11-16-14-8-6-5-7-13(12)14/h5-8,12H,3-4,9-11H2,1-2H3. The molecule has 1 heterocycles. The Morgan fingerprint density at radius 3 is 2.88 bits per heavy atom. The third kappa shape index (κ3) is 2.61. The molecule has 1 aromatic rings. The van der Waals surface area contributed by atoms with Gasteiger partial charge in [-0.05, 0) is 31.1 Å². The smallest absolute Gasteiger partial charge is 0.0108 e. The van der Waals surface area contributed by atoms with E-state index in [0.29, 0.717) is 0 Å². The predicted molar refractivity (Wildman–Crippen MR) is 72.3 cm³/mol. The maximum atomic E-state index is 2.58. The number of benzene rings is 1. The molecule has 16 heavy (non-hydrogen) atoms. The van der Waals surface area contributed by atoms with Crippen molar-refractivity contribution in [3.8, 4) is 0 Å². The molecule has 1 aliphatic rings. The molecule has 0 radical (unpaired) electrons. The van der Waals surface area contributed by atoms with Crippen molar-refractivity contribution in [2.75, 3.05) is 25.4 Å². The van der Waals surface area contributed by atoms with Gasteiger partial charge < -0.3 is 4.90 Å². The lowest BCUT2D eigenvalue weighted by molar-refractivity contribution is 0.276. The van der Waals surface area contributed by atoms with Gasteiger partial charge >= 0.3 is 0 Å². The van der Waals surface area contributed by atoms with Gasteiger partial charge in [0.25, 0.3) is 0 Å². The molecule has 0 amide bonds. The summed E-state index contributed by atoms with van der Waals surface area (Å²) in [7, 11) is 0. The molecule has 0 aliphatic carbocycles. The lowest BCUT2D eigenvalue weighted by Crippen LogP contribution is -2.29. The Labute approximate surface area is 103 Å². The Morgan fingerprint density at radius 2 is 2.12 bits per heavy atom. The van der Waals surface area contributed by atoms with Crippen molar-refractivity contribution in [1.29, 1.82) is 0 Å². The third-order valence-corrected chi connectivity index (χ3v) is 4.52. The minimum absolute atomic E-state index is 0.743. The average molecular weight is 235 g/mol. The number of thioether (sulfide) groups is 1.